The number of halogens is 1. The number of H-pyrrole nitrogens is 1. The lowest BCUT2D eigenvalue weighted by Crippen LogP contribution is -2.45. The molecule has 0 unspecified atom stereocenters. The lowest BCUT2D eigenvalue weighted by Gasteiger charge is -2.32. The third-order valence-electron chi connectivity index (χ3n) is 5.40. The Kier molecular flexibility index (Phi) is 6.23. The van der Waals surface area contributed by atoms with Gasteiger partial charge in [-0.1, -0.05) is 35.9 Å². The van der Waals surface area contributed by atoms with Gasteiger partial charge in [0.1, 0.15) is 5.75 Å². The summed E-state index contributed by atoms with van der Waals surface area (Å²) in [5.41, 5.74) is 2.98. The fourth-order valence-electron chi connectivity index (χ4n) is 3.75. The van der Waals surface area contributed by atoms with Crippen LogP contribution in [0.15, 0.2) is 54.6 Å². The van der Waals surface area contributed by atoms with E-state index in [2.05, 4.69) is 26.5 Å². The summed E-state index contributed by atoms with van der Waals surface area (Å²) in [6.07, 6.45) is 2.15. The first-order chi connectivity index (χ1) is 14.6. The molecule has 2 heterocycles. The van der Waals surface area contributed by atoms with Gasteiger partial charge in [-0.25, -0.2) is 0 Å². The molecule has 1 aliphatic rings. The zero-order valence-electron chi connectivity index (χ0n) is 16.9. The largest absolute Gasteiger partial charge is 0.497 e. The van der Waals surface area contributed by atoms with E-state index in [1.165, 1.54) is 0 Å². The molecule has 30 heavy (non-hydrogen) atoms. The summed E-state index contributed by atoms with van der Waals surface area (Å²) in [7, 11) is 1.63. The highest BCUT2D eigenvalue weighted by Crippen LogP contribution is 2.25. The van der Waals surface area contributed by atoms with Gasteiger partial charge in [0.05, 0.1) is 19.2 Å². The van der Waals surface area contributed by atoms with Crippen LogP contribution in [0.1, 0.15) is 18.4 Å². The number of aromatic nitrogens is 2. The fourth-order valence-corrected chi connectivity index (χ4v) is 3.88. The van der Waals surface area contributed by atoms with Crippen molar-refractivity contribution >= 4 is 23.3 Å². The van der Waals surface area contributed by atoms with E-state index < -0.39 is 0 Å². The number of methoxy groups -OCH3 is 1. The van der Waals surface area contributed by atoms with Crippen molar-refractivity contribution in [3.05, 3.63) is 65.2 Å². The number of hydrogen-bond donors (Lipinski definition) is 2. The molecule has 4 rings (SSSR count). The van der Waals surface area contributed by atoms with Gasteiger partial charge in [0.15, 0.2) is 5.82 Å². The molecule has 0 aliphatic carbocycles. The van der Waals surface area contributed by atoms with E-state index in [1.807, 2.05) is 48.5 Å². The Bertz CT molecular complexity index is 994. The molecule has 2 aromatic carbocycles. The fraction of sp³-hybridized carbons (Fsp3) is 0.304. The number of carbonyl (C=O) groups is 1. The second-order valence-corrected chi connectivity index (χ2v) is 7.94. The second-order valence-electron chi connectivity index (χ2n) is 7.50. The first-order valence-electron chi connectivity index (χ1n) is 10.1. The minimum absolute atomic E-state index is 0.0477. The van der Waals surface area contributed by atoms with Crippen LogP contribution in [0.2, 0.25) is 5.02 Å². The van der Waals surface area contributed by atoms with Gasteiger partial charge in [-0.2, -0.15) is 5.10 Å². The number of rotatable bonds is 6. The predicted octanol–water partition coefficient (Wildman–Crippen LogP) is 4.07. The molecular formula is C23H25ClN4O2. The van der Waals surface area contributed by atoms with Crippen LogP contribution < -0.4 is 15.0 Å². The lowest BCUT2D eigenvalue weighted by atomic mass is 10.0. The third-order valence-corrected chi connectivity index (χ3v) is 5.65. The predicted molar refractivity (Wildman–Crippen MR) is 119 cm³/mol. The van der Waals surface area contributed by atoms with E-state index in [-0.39, 0.29) is 11.9 Å². The van der Waals surface area contributed by atoms with E-state index in [0.29, 0.717) is 11.4 Å². The Hall–Kier alpha value is -2.99. The molecule has 2 N–H and O–H groups in total. The van der Waals surface area contributed by atoms with Crippen LogP contribution in [0.4, 0.5) is 5.82 Å². The normalized spacial score (nSPS) is 14.5. The monoisotopic (exact) mass is 424 g/mol. The zero-order chi connectivity index (χ0) is 20.9. The standard InChI is InChI=1S/C23H25ClN4O2/c1-30-20-4-2-3-16(13-20)14-23(29)25-19-9-11-28(12-10-19)22-15-21(26-27-22)17-5-7-18(24)8-6-17/h2-8,13,15,19H,9-12,14H2,1H3,(H,25,29)(H,26,27). The van der Waals surface area contributed by atoms with Crippen molar-refractivity contribution in [1.29, 1.82) is 0 Å². The Morgan fingerprint density at radius 1 is 1.20 bits per heavy atom. The van der Waals surface area contributed by atoms with Crippen LogP contribution in [0, 0.1) is 0 Å². The van der Waals surface area contributed by atoms with Crippen molar-refractivity contribution < 1.29 is 9.53 Å². The molecule has 1 fully saturated rings. The van der Waals surface area contributed by atoms with E-state index in [4.69, 9.17) is 16.3 Å². The van der Waals surface area contributed by atoms with Gasteiger partial charge in [0.25, 0.3) is 0 Å². The summed E-state index contributed by atoms with van der Waals surface area (Å²) in [6, 6.07) is 17.6. The second kappa shape index (κ2) is 9.22. The highest BCUT2D eigenvalue weighted by atomic mass is 35.5. The Labute approximate surface area is 181 Å². The number of nitrogens with zero attached hydrogens (tertiary/aromatic N) is 2. The van der Waals surface area contributed by atoms with Crippen molar-refractivity contribution in [2.45, 2.75) is 25.3 Å². The maximum atomic E-state index is 12.4. The van der Waals surface area contributed by atoms with Crippen molar-refractivity contribution in [3.8, 4) is 17.0 Å². The molecule has 1 saturated heterocycles. The van der Waals surface area contributed by atoms with E-state index >= 15 is 0 Å². The summed E-state index contributed by atoms with van der Waals surface area (Å²) < 4.78 is 5.22. The SMILES string of the molecule is COc1cccc(CC(=O)NC2CCN(c3cc(-c4ccc(Cl)cc4)[nH]n3)CC2)c1. The van der Waals surface area contributed by atoms with Gasteiger partial charge in [-0.05, 0) is 48.2 Å². The molecule has 6 nitrogen and oxygen atoms in total. The molecular weight excluding hydrogens is 400 g/mol. The third kappa shape index (κ3) is 4.94. The Morgan fingerprint density at radius 2 is 1.97 bits per heavy atom. The molecule has 156 valence electrons. The molecule has 0 saturated carbocycles. The molecule has 0 spiro atoms. The Balaban J connectivity index is 1.28. The number of anilines is 1. The van der Waals surface area contributed by atoms with Crippen LogP contribution in [0.3, 0.4) is 0 Å². The number of aromatic amines is 1. The number of nitrogens with one attached hydrogen (secondary N) is 2. The van der Waals surface area contributed by atoms with Crippen molar-refractivity contribution in [2.75, 3.05) is 25.1 Å². The maximum absolute atomic E-state index is 12.4. The van der Waals surface area contributed by atoms with E-state index in [0.717, 1.165) is 54.3 Å². The van der Waals surface area contributed by atoms with Crippen LogP contribution in [0.5, 0.6) is 5.75 Å². The first kappa shape index (κ1) is 20.3. The van der Waals surface area contributed by atoms with Crippen molar-refractivity contribution in [1.82, 2.24) is 15.5 Å². The van der Waals surface area contributed by atoms with Crippen LogP contribution in [-0.2, 0) is 11.2 Å². The number of benzene rings is 2. The van der Waals surface area contributed by atoms with Crippen molar-refractivity contribution in [3.63, 3.8) is 0 Å². The van der Waals surface area contributed by atoms with Gasteiger partial charge >= 0.3 is 0 Å². The van der Waals surface area contributed by atoms with Gasteiger partial charge in [-0.15, -0.1) is 0 Å². The van der Waals surface area contributed by atoms with Crippen LogP contribution >= 0.6 is 11.6 Å². The average molecular weight is 425 g/mol. The van der Waals surface area contributed by atoms with Crippen molar-refractivity contribution in [2.24, 2.45) is 0 Å². The highest BCUT2D eigenvalue weighted by Gasteiger charge is 2.22. The van der Waals surface area contributed by atoms with Crippen LogP contribution in [0.25, 0.3) is 11.3 Å². The van der Waals surface area contributed by atoms with Gasteiger partial charge in [-0.3, -0.25) is 9.89 Å². The smallest absolute Gasteiger partial charge is 0.224 e. The molecule has 1 aliphatic heterocycles. The number of piperidine rings is 1. The molecule has 0 bridgehead atoms. The molecule has 3 aromatic rings. The molecule has 1 amide bonds. The Morgan fingerprint density at radius 3 is 2.70 bits per heavy atom. The number of carbonyl (C=O) groups excluding carboxylic acids is 1. The van der Waals surface area contributed by atoms with E-state index in [9.17, 15) is 4.79 Å². The number of ether oxygens (including phenoxy) is 1. The zero-order valence-corrected chi connectivity index (χ0v) is 17.7. The molecule has 0 atom stereocenters. The first-order valence-corrected chi connectivity index (χ1v) is 10.5. The summed E-state index contributed by atoms with van der Waals surface area (Å²) in [6.45, 7) is 1.71. The van der Waals surface area contributed by atoms with Gasteiger partial charge in [0.2, 0.25) is 5.91 Å². The summed E-state index contributed by atoms with van der Waals surface area (Å²) >= 11 is 5.96. The topological polar surface area (TPSA) is 70.2 Å². The number of hydrogen-bond acceptors (Lipinski definition) is 4. The molecule has 0 radical (unpaired) electrons. The molecule has 7 heteroatoms. The van der Waals surface area contributed by atoms with Gasteiger partial charge < -0.3 is 15.0 Å². The minimum Gasteiger partial charge on any atom is -0.497 e. The highest BCUT2D eigenvalue weighted by molar-refractivity contribution is 6.30. The summed E-state index contributed by atoms with van der Waals surface area (Å²) in [4.78, 5) is 14.7. The van der Waals surface area contributed by atoms with Crippen LogP contribution in [-0.4, -0.2) is 42.3 Å². The lowest BCUT2D eigenvalue weighted by molar-refractivity contribution is -0.121. The quantitative estimate of drug-likeness (QED) is 0.625. The average Bonchev–Trinajstić information content (AvgIpc) is 3.25. The maximum Gasteiger partial charge on any atom is 0.224 e. The number of amides is 1. The summed E-state index contributed by atoms with van der Waals surface area (Å²) in [5.74, 6) is 1.75. The summed E-state index contributed by atoms with van der Waals surface area (Å²) in [5, 5.41) is 11.5. The van der Waals surface area contributed by atoms with E-state index in [1.54, 1.807) is 7.11 Å². The van der Waals surface area contributed by atoms with Gasteiger partial charge in [0, 0.05) is 30.2 Å². The minimum atomic E-state index is 0.0477. The molecule has 1 aromatic heterocycles.